The molecule has 1 fully saturated rings. The second kappa shape index (κ2) is 10.6. The Bertz CT molecular complexity index is 759. The van der Waals surface area contributed by atoms with Crippen LogP contribution in [-0.2, 0) is 6.42 Å². The third kappa shape index (κ3) is 6.20. The molecule has 148 valence electrons. The molecule has 0 radical (unpaired) electrons. The van der Waals surface area contributed by atoms with Crippen LogP contribution in [0.4, 0.5) is 0 Å². The van der Waals surface area contributed by atoms with E-state index in [0.29, 0.717) is 0 Å². The third-order valence-electron chi connectivity index (χ3n) is 5.03. The summed E-state index contributed by atoms with van der Waals surface area (Å²) < 4.78 is 0. The molecule has 1 N–H and O–H groups in total. The Hall–Kier alpha value is -2.66. The quantitative estimate of drug-likeness (QED) is 0.621. The summed E-state index contributed by atoms with van der Waals surface area (Å²) in [5.41, 5.74) is 3.57. The fraction of sp³-hybridized carbons (Fsp3) is 0.391. The number of aliphatic imine (C=N–C) groups is 1. The highest BCUT2D eigenvalue weighted by Crippen LogP contribution is 2.05. The van der Waals surface area contributed by atoms with E-state index < -0.39 is 0 Å². The predicted molar refractivity (Wildman–Crippen MR) is 118 cm³/mol. The van der Waals surface area contributed by atoms with Gasteiger partial charge in [-0.25, -0.2) is 0 Å². The Balaban J connectivity index is 1.39. The number of aryl methyl sites for hydroxylation is 1. The third-order valence-corrected chi connectivity index (χ3v) is 5.03. The molecular weight excluding hydrogens is 346 g/mol. The van der Waals surface area contributed by atoms with Crippen molar-refractivity contribution < 1.29 is 0 Å². The molecule has 0 saturated carbocycles. The van der Waals surface area contributed by atoms with Gasteiger partial charge in [-0.3, -0.25) is 14.9 Å². The summed E-state index contributed by atoms with van der Waals surface area (Å²) in [5, 5.41) is 3.50. The highest BCUT2D eigenvalue weighted by molar-refractivity contribution is 5.80. The van der Waals surface area contributed by atoms with Crippen LogP contribution in [0.25, 0.3) is 6.08 Å². The molecule has 5 heteroatoms. The summed E-state index contributed by atoms with van der Waals surface area (Å²) in [5.74, 6) is 1.000. The van der Waals surface area contributed by atoms with Crippen LogP contribution in [0.15, 0.2) is 59.7 Å². The lowest BCUT2D eigenvalue weighted by atomic mass is 10.2. The smallest absolute Gasteiger partial charge is 0.193 e. The van der Waals surface area contributed by atoms with E-state index >= 15 is 0 Å². The van der Waals surface area contributed by atoms with E-state index in [2.05, 4.69) is 79.7 Å². The predicted octanol–water partition coefficient (Wildman–Crippen LogP) is 2.84. The second-order valence-electron chi connectivity index (χ2n) is 7.13. The lowest BCUT2D eigenvalue weighted by Gasteiger charge is -2.36. The fourth-order valence-electron chi connectivity index (χ4n) is 3.34. The molecule has 2 heterocycles. The zero-order valence-corrected chi connectivity index (χ0v) is 17.0. The average Bonchev–Trinajstić information content (AvgIpc) is 2.74. The van der Waals surface area contributed by atoms with Crippen LogP contribution in [-0.4, -0.2) is 67.1 Å². The van der Waals surface area contributed by atoms with Crippen LogP contribution < -0.4 is 5.32 Å². The summed E-state index contributed by atoms with van der Waals surface area (Å²) in [6, 6.07) is 14.7. The summed E-state index contributed by atoms with van der Waals surface area (Å²) in [7, 11) is 1.87. The van der Waals surface area contributed by atoms with Gasteiger partial charge in [0.1, 0.15) is 0 Å². The van der Waals surface area contributed by atoms with Crippen molar-refractivity contribution in [1.82, 2.24) is 20.1 Å². The number of piperazine rings is 1. The Kier molecular flexibility index (Phi) is 7.62. The van der Waals surface area contributed by atoms with E-state index in [1.165, 1.54) is 11.1 Å². The number of pyridine rings is 1. The van der Waals surface area contributed by atoms with Gasteiger partial charge in [-0.05, 0) is 30.5 Å². The minimum absolute atomic E-state index is 0.872. The van der Waals surface area contributed by atoms with Crippen molar-refractivity contribution in [3.8, 4) is 0 Å². The van der Waals surface area contributed by atoms with Crippen LogP contribution in [0.3, 0.4) is 0 Å². The summed E-state index contributed by atoms with van der Waals surface area (Å²) in [4.78, 5) is 13.7. The monoisotopic (exact) mass is 377 g/mol. The van der Waals surface area contributed by atoms with Gasteiger partial charge in [-0.15, -0.1) is 0 Å². The number of hydrogen-bond donors (Lipinski definition) is 1. The van der Waals surface area contributed by atoms with E-state index in [0.717, 1.165) is 57.3 Å². The maximum absolute atomic E-state index is 4.47. The van der Waals surface area contributed by atoms with Crippen LogP contribution in [0.2, 0.25) is 0 Å². The van der Waals surface area contributed by atoms with Crippen molar-refractivity contribution >= 4 is 12.0 Å². The van der Waals surface area contributed by atoms with Gasteiger partial charge < -0.3 is 10.2 Å². The normalized spacial score (nSPS) is 15.9. The zero-order chi connectivity index (χ0) is 19.6. The molecule has 0 aliphatic carbocycles. The molecule has 3 rings (SSSR count). The lowest BCUT2D eigenvalue weighted by molar-refractivity contribution is 0.194. The molecule has 1 aliphatic rings. The van der Waals surface area contributed by atoms with Crippen LogP contribution >= 0.6 is 0 Å². The van der Waals surface area contributed by atoms with Crippen LogP contribution in [0.1, 0.15) is 16.8 Å². The van der Waals surface area contributed by atoms with E-state index in [4.69, 9.17) is 0 Å². The van der Waals surface area contributed by atoms with Crippen molar-refractivity contribution in [1.29, 1.82) is 0 Å². The van der Waals surface area contributed by atoms with E-state index in [9.17, 15) is 0 Å². The number of rotatable bonds is 6. The molecular formula is C23H31N5. The molecule has 0 unspecified atom stereocenters. The van der Waals surface area contributed by atoms with Crippen LogP contribution in [0.5, 0.6) is 0 Å². The molecule has 1 aromatic carbocycles. The standard InChI is InChI=1S/C23H31N5/c1-20-10-11-22(19-26-20)12-13-25-23(24-2)28-17-15-27(16-18-28)14-6-9-21-7-4-3-5-8-21/h3-11,19H,12-18H2,1-2H3,(H,24,25)/b9-6+. The number of nitrogens with one attached hydrogen (secondary N) is 1. The highest BCUT2D eigenvalue weighted by atomic mass is 15.3. The summed E-state index contributed by atoms with van der Waals surface area (Å²) >= 11 is 0. The molecule has 0 amide bonds. The van der Waals surface area contributed by atoms with Crippen molar-refractivity contribution in [2.45, 2.75) is 13.3 Å². The van der Waals surface area contributed by atoms with Gasteiger partial charge in [0.2, 0.25) is 0 Å². The van der Waals surface area contributed by atoms with Crippen LogP contribution in [0, 0.1) is 6.92 Å². The Morgan fingerprint density at radius 1 is 1.11 bits per heavy atom. The molecule has 1 saturated heterocycles. The van der Waals surface area contributed by atoms with Crippen molar-refractivity contribution in [3.05, 3.63) is 71.6 Å². The first-order valence-electron chi connectivity index (χ1n) is 10.1. The Morgan fingerprint density at radius 3 is 2.57 bits per heavy atom. The van der Waals surface area contributed by atoms with E-state index in [1.54, 1.807) is 0 Å². The summed E-state index contributed by atoms with van der Waals surface area (Å²) in [6.07, 6.45) is 7.37. The lowest BCUT2D eigenvalue weighted by Crippen LogP contribution is -2.52. The van der Waals surface area contributed by atoms with Gasteiger partial charge in [-0.2, -0.15) is 0 Å². The molecule has 5 nitrogen and oxygen atoms in total. The molecule has 1 aliphatic heterocycles. The molecule has 28 heavy (non-hydrogen) atoms. The second-order valence-corrected chi connectivity index (χ2v) is 7.13. The Labute approximate surface area is 168 Å². The number of guanidine groups is 1. The Morgan fingerprint density at radius 2 is 1.89 bits per heavy atom. The average molecular weight is 378 g/mol. The SMILES string of the molecule is CN=C(NCCc1ccc(C)nc1)N1CCN(C/C=C/c2ccccc2)CC1. The first-order chi connectivity index (χ1) is 13.7. The van der Waals surface area contributed by atoms with E-state index in [1.807, 2.05) is 20.2 Å². The van der Waals surface area contributed by atoms with Gasteiger partial charge in [0, 0.05) is 58.2 Å². The van der Waals surface area contributed by atoms with Gasteiger partial charge in [0.15, 0.2) is 5.96 Å². The van der Waals surface area contributed by atoms with Crippen molar-refractivity contribution in [3.63, 3.8) is 0 Å². The van der Waals surface area contributed by atoms with Crippen molar-refractivity contribution in [2.24, 2.45) is 4.99 Å². The largest absolute Gasteiger partial charge is 0.356 e. The molecule has 0 atom stereocenters. The first kappa shape index (κ1) is 20.1. The topological polar surface area (TPSA) is 43.8 Å². The maximum Gasteiger partial charge on any atom is 0.193 e. The number of nitrogens with zero attached hydrogens (tertiary/aromatic N) is 4. The minimum Gasteiger partial charge on any atom is -0.356 e. The summed E-state index contributed by atoms with van der Waals surface area (Å²) in [6.45, 7) is 8.01. The van der Waals surface area contributed by atoms with Crippen molar-refractivity contribution in [2.75, 3.05) is 46.3 Å². The minimum atomic E-state index is 0.872. The molecule has 1 aromatic heterocycles. The highest BCUT2D eigenvalue weighted by Gasteiger charge is 2.18. The van der Waals surface area contributed by atoms with Gasteiger partial charge in [0.25, 0.3) is 0 Å². The van der Waals surface area contributed by atoms with Gasteiger partial charge in [-0.1, -0.05) is 48.6 Å². The number of benzene rings is 1. The number of aromatic nitrogens is 1. The first-order valence-corrected chi connectivity index (χ1v) is 10.1. The fourth-order valence-corrected chi connectivity index (χ4v) is 3.34. The molecule has 0 bridgehead atoms. The maximum atomic E-state index is 4.47. The molecule has 2 aromatic rings. The zero-order valence-electron chi connectivity index (χ0n) is 17.0. The van der Waals surface area contributed by atoms with E-state index in [-0.39, 0.29) is 0 Å². The van der Waals surface area contributed by atoms with Gasteiger partial charge in [0.05, 0.1) is 0 Å². The number of hydrogen-bond acceptors (Lipinski definition) is 3. The van der Waals surface area contributed by atoms with Gasteiger partial charge >= 0.3 is 0 Å². The molecule has 0 spiro atoms.